The molecule has 122 valence electrons. The second-order valence-corrected chi connectivity index (χ2v) is 5.27. The molecule has 0 saturated heterocycles. The summed E-state index contributed by atoms with van der Waals surface area (Å²) in [4.78, 5) is 23.8. The third kappa shape index (κ3) is 5.81. The molecular formula is C13H21F3N2O3. The number of hydrogen-bond acceptors (Lipinski definition) is 2. The topological polar surface area (TPSA) is 69.6 Å². The Morgan fingerprint density at radius 3 is 2.38 bits per heavy atom. The lowest BCUT2D eigenvalue weighted by Gasteiger charge is -2.28. The van der Waals surface area contributed by atoms with Crippen LogP contribution in [0.5, 0.6) is 0 Å². The minimum Gasteiger partial charge on any atom is -0.481 e. The number of urea groups is 1. The van der Waals surface area contributed by atoms with Gasteiger partial charge in [0.25, 0.3) is 0 Å². The van der Waals surface area contributed by atoms with Crippen molar-refractivity contribution in [2.24, 2.45) is 5.92 Å². The molecule has 0 aromatic rings. The number of nitrogens with one attached hydrogen (secondary N) is 1. The molecule has 0 aliphatic heterocycles. The van der Waals surface area contributed by atoms with Gasteiger partial charge in [0.1, 0.15) is 6.54 Å². The van der Waals surface area contributed by atoms with Gasteiger partial charge in [-0.25, -0.2) is 4.79 Å². The van der Waals surface area contributed by atoms with Gasteiger partial charge in [-0.3, -0.25) is 4.79 Å². The molecule has 0 spiro atoms. The van der Waals surface area contributed by atoms with Crippen molar-refractivity contribution in [3.63, 3.8) is 0 Å². The maximum absolute atomic E-state index is 12.4. The first-order valence-corrected chi connectivity index (χ1v) is 7.09. The van der Waals surface area contributed by atoms with Gasteiger partial charge in [0.05, 0.1) is 5.92 Å². The number of carbonyl (C=O) groups excluding carboxylic acids is 1. The van der Waals surface area contributed by atoms with Crippen LogP contribution < -0.4 is 5.32 Å². The third-order valence-corrected chi connectivity index (χ3v) is 3.68. The number of amides is 2. The van der Waals surface area contributed by atoms with E-state index in [4.69, 9.17) is 0 Å². The summed E-state index contributed by atoms with van der Waals surface area (Å²) in [5.41, 5.74) is 0. The molecule has 2 atom stereocenters. The molecule has 21 heavy (non-hydrogen) atoms. The van der Waals surface area contributed by atoms with E-state index >= 15 is 0 Å². The predicted molar refractivity (Wildman–Crippen MR) is 69.8 cm³/mol. The van der Waals surface area contributed by atoms with Crippen molar-refractivity contribution in [2.45, 2.75) is 51.2 Å². The van der Waals surface area contributed by atoms with Crippen molar-refractivity contribution < 1.29 is 27.9 Å². The van der Waals surface area contributed by atoms with Crippen LogP contribution in [0.15, 0.2) is 0 Å². The molecule has 0 bridgehead atoms. The molecule has 1 aliphatic carbocycles. The molecule has 0 aromatic heterocycles. The highest BCUT2D eigenvalue weighted by molar-refractivity contribution is 5.77. The van der Waals surface area contributed by atoms with Crippen molar-refractivity contribution in [1.29, 1.82) is 0 Å². The van der Waals surface area contributed by atoms with Gasteiger partial charge in [-0.15, -0.1) is 0 Å². The third-order valence-electron chi connectivity index (χ3n) is 3.68. The van der Waals surface area contributed by atoms with E-state index in [9.17, 15) is 27.9 Å². The average molecular weight is 310 g/mol. The Bertz CT molecular complexity index is 374. The first-order chi connectivity index (χ1) is 9.74. The maximum atomic E-state index is 12.4. The van der Waals surface area contributed by atoms with E-state index in [-0.39, 0.29) is 6.54 Å². The molecule has 0 heterocycles. The summed E-state index contributed by atoms with van der Waals surface area (Å²) in [6.07, 6.45) is -1.17. The Labute approximate surface area is 121 Å². The van der Waals surface area contributed by atoms with Gasteiger partial charge in [0.2, 0.25) is 0 Å². The molecule has 2 amide bonds. The van der Waals surface area contributed by atoms with Crippen LogP contribution in [-0.2, 0) is 4.79 Å². The number of halogens is 3. The highest BCUT2D eigenvalue weighted by atomic mass is 19.4. The van der Waals surface area contributed by atoms with Crippen LogP contribution in [0.25, 0.3) is 0 Å². The molecule has 2 unspecified atom stereocenters. The number of alkyl halides is 3. The summed E-state index contributed by atoms with van der Waals surface area (Å²) in [5.74, 6) is -1.75. The van der Waals surface area contributed by atoms with E-state index in [0.717, 1.165) is 19.3 Å². The van der Waals surface area contributed by atoms with Crippen LogP contribution in [0.3, 0.4) is 0 Å². The van der Waals surface area contributed by atoms with E-state index in [1.807, 2.05) is 0 Å². The van der Waals surface area contributed by atoms with Crippen molar-refractivity contribution in [2.75, 3.05) is 13.1 Å². The Balaban J connectivity index is 2.70. The standard InChI is InChI=1S/C13H21F3N2O3/c1-2-18(8-13(14,15)16)12(21)17-10-7-5-3-4-6-9(10)11(19)20/h9-10H,2-8H2,1H3,(H,17,21)(H,19,20). The number of aliphatic carboxylic acids is 1. The first-order valence-electron chi connectivity index (χ1n) is 7.09. The van der Waals surface area contributed by atoms with Crippen LogP contribution in [0.2, 0.25) is 0 Å². The minimum atomic E-state index is -4.47. The summed E-state index contributed by atoms with van der Waals surface area (Å²) in [7, 11) is 0. The summed E-state index contributed by atoms with van der Waals surface area (Å²) >= 11 is 0. The highest BCUT2D eigenvalue weighted by Gasteiger charge is 2.35. The summed E-state index contributed by atoms with van der Waals surface area (Å²) in [6.45, 7) is 0.0304. The molecule has 8 heteroatoms. The van der Waals surface area contributed by atoms with Crippen LogP contribution in [0.1, 0.15) is 39.0 Å². The van der Waals surface area contributed by atoms with Gasteiger partial charge in [-0.05, 0) is 19.8 Å². The number of carbonyl (C=O) groups is 2. The zero-order valence-electron chi connectivity index (χ0n) is 11.9. The van der Waals surface area contributed by atoms with Gasteiger partial charge >= 0.3 is 18.2 Å². The lowest BCUT2D eigenvalue weighted by Crippen LogP contribution is -2.51. The minimum absolute atomic E-state index is 0.0875. The Hall–Kier alpha value is -1.47. The number of hydrogen-bond donors (Lipinski definition) is 2. The molecule has 1 fully saturated rings. The Morgan fingerprint density at radius 1 is 1.24 bits per heavy atom. The van der Waals surface area contributed by atoms with Crippen LogP contribution in [0.4, 0.5) is 18.0 Å². The largest absolute Gasteiger partial charge is 0.481 e. The molecule has 5 nitrogen and oxygen atoms in total. The zero-order valence-corrected chi connectivity index (χ0v) is 11.9. The second kappa shape index (κ2) is 7.51. The maximum Gasteiger partial charge on any atom is 0.406 e. The zero-order chi connectivity index (χ0) is 16.0. The number of nitrogens with zero attached hydrogens (tertiary/aromatic N) is 1. The normalized spacial score (nSPS) is 23.2. The fourth-order valence-corrected chi connectivity index (χ4v) is 2.57. The first kappa shape index (κ1) is 17.6. The van der Waals surface area contributed by atoms with E-state index < -0.39 is 36.7 Å². The molecule has 1 rings (SSSR count). The van der Waals surface area contributed by atoms with E-state index in [1.54, 1.807) is 0 Å². The summed E-state index contributed by atoms with van der Waals surface area (Å²) < 4.78 is 37.2. The number of carboxylic acid groups (broad SMARTS) is 1. The van der Waals surface area contributed by atoms with Crippen molar-refractivity contribution >= 4 is 12.0 Å². The molecular weight excluding hydrogens is 289 g/mol. The number of carboxylic acids is 1. The Morgan fingerprint density at radius 2 is 1.86 bits per heavy atom. The van der Waals surface area contributed by atoms with Crippen LogP contribution >= 0.6 is 0 Å². The lowest BCUT2D eigenvalue weighted by molar-refractivity contribution is -0.144. The smallest absolute Gasteiger partial charge is 0.406 e. The molecule has 2 N–H and O–H groups in total. The van der Waals surface area contributed by atoms with Gasteiger partial charge in [-0.2, -0.15) is 13.2 Å². The van der Waals surface area contributed by atoms with E-state index in [0.29, 0.717) is 17.7 Å². The highest BCUT2D eigenvalue weighted by Crippen LogP contribution is 2.24. The van der Waals surface area contributed by atoms with Crippen LogP contribution in [-0.4, -0.2) is 47.3 Å². The lowest BCUT2D eigenvalue weighted by atomic mass is 9.95. The molecule has 0 radical (unpaired) electrons. The van der Waals surface area contributed by atoms with Gasteiger partial charge in [0.15, 0.2) is 0 Å². The average Bonchev–Trinajstić information content (AvgIpc) is 2.60. The van der Waals surface area contributed by atoms with Crippen LogP contribution in [0, 0.1) is 5.92 Å². The van der Waals surface area contributed by atoms with Crippen molar-refractivity contribution in [3.8, 4) is 0 Å². The Kier molecular flexibility index (Phi) is 6.29. The van der Waals surface area contributed by atoms with Gasteiger partial charge in [0, 0.05) is 12.6 Å². The fraction of sp³-hybridized carbons (Fsp3) is 0.846. The van der Waals surface area contributed by atoms with E-state index in [2.05, 4.69) is 5.32 Å². The number of rotatable bonds is 4. The second-order valence-electron chi connectivity index (χ2n) is 5.27. The summed E-state index contributed by atoms with van der Waals surface area (Å²) in [6, 6.07) is -1.47. The predicted octanol–water partition coefficient (Wildman–Crippen LogP) is 2.61. The van der Waals surface area contributed by atoms with Crippen molar-refractivity contribution in [1.82, 2.24) is 10.2 Å². The van der Waals surface area contributed by atoms with Gasteiger partial charge < -0.3 is 15.3 Å². The SMILES string of the molecule is CCN(CC(F)(F)F)C(=O)NC1CCCCCC1C(=O)O. The monoisotopic (exact) mass is 310 g/mol. The molecule has 0 aromatic carbocycles. The summed E-state index contributed by atoms with van der Waals surface area (Å²) in [5, 5.41) is 11.7. The van der Waals surface area contributed by atoms with Crippen molar-refractivity contribution in [3.05, 3.63) is 0 Å². The fourth-order valence-electron chi connectivity index (χ4n) is 2.57. The molecule has 1 aliphatic rings. The van der Waals surface area contributed by atoms with Gasteiger partial charge in [-0.1, -0.05) is 19.3 Å². The van der Waals surface area contributed by atoms with E-state index in [1.165, 1.54) is 6.92 Å². The molecule has 1 saturated carbocycles. The quantitative estimate of drug-likeness (QED) is 0.784.